The predicted molar refractivity (Wildman–Crippen MR) is 77.9 cm³/mol. The number of piperidine rings is 1. The fourth-order valence-electron chi connectivity index (χ4n) is 2.63. The van der Waals surface area contributed by atoms with Crippen molar-refractivity contribution in [2.45, 2.75) is 18.9 Å². The summed E-state index contributed by atoms with van der Waals surface area (Å²) in [4.78, 5) is 12.9. The van der Waals surface area contributed by atoms with Crippen molar-refractivity contribution < 1.29 is 19.5 Å². The van der Waals surface area contributed by atoms with Gasteiger partial charge in [-0.2, -0.15) is 0 Å². The lowest BCUT2D eigenvalue weighted by Gasteiger charge is -2.34. The Labute approximate surface area is 123 Å². The Morgan fingerprint density at radius 1 is 1.52 bits per heavy atom. The number of nitrogens with zero attached hydrogens (tertiary/aromatic N) is 2. The molecule has 21 heavy (non-hydrogen) atoms. The van der Waals surface area contributed by atoms with Gasteiger partial charge in [0, 0.05) is 13.1 Å². The van der Waals surface area contributed by atoms with E-state index in [1.54, 1.807) is 18.2 Å². The molecule has 7 nitrogen and oxygen atoms in total. The fourth-order valence-corrected chi connectivity index (χ4v) is 2.63. The maximum atomic E-state index is 11.3. The van der Waals surface area contributed by atoms with Gasteiger partial charge in [0.2, 0.25) is 0 Å². The topological polar surface area (TPSA) is 85.1 Å². The van der Waals surface area contributed by atoms with Crippen LogP contribution in [-0.4, -0.2) is 49.5 Å². The molecule has 1 atom stereocenters. The smallest absolute Gasteiger partial charge is 0.333 e. The van der Waals surface area contributed by atoms with Crippen LogP contribution in [0, 0.1) is 10.1 Å². The Balaban J connectivity index is 2.22. The molecule has 0 aliphatic carbocycles. The maximum absolute atomic E-state index is 11.3. The van der Waals surface area contributed by atoms with E-state index in [4.69, 9.17) is 14.6 Å². The zero-order chi connectivity index (χ0) is 15.2. The van der Waals surface area contributed by atoms with Gasteiger partial charge in [0.25, 0.3) is 0 Å². The molecule has 0 radical (unpaired) electrons. The van der Waals surface area contributed by atoms with E-state index in [2.05, 4.69) is 0 Å². The van der Waals surface area contributed by atoms with Crippen LogP contribution >= 0.6 is 0 Å². The largest absolute Gasteiger partial charge is 0.490 e. The third-order valence-electron chi connectivity index (χ3n) is 3.54. The SMILES string of the molecule is COc1cccc(N2CCC[C@@H](OCCO)C2)c1[N+](=O)[O-]. The zero-order valence-corrected chi connectivity index (χ0v) is 12.0. The van der Waals surface area contributed by atoms with Gasteiger partial charge >= 0.3 is 5.69 Å². The average Bonchev–Trinajstić information content (AvgIpc) is 2.52. The summed E-state index contributed by atoms with van der Waals surface area (Å²) in [5.41, 5.74) is 0.541. The van der Waals surface area contributed by atoms with Gasteiger partial charge in [-0.3, -0.25) is 10.1 Å². The molecule has 1 fully saturated rings. The summed E-state index contributed by atoms with van der Waals surface area (Å²) in [5, 5.41) is 20.2. The minimum atomic E-state index is -0.410. The first-order valence-corrected chi connectivity index (χ1v) is 6.96. The van der Waals surface area contributed by atoms with Crippen molar-refractivity contribution in [2.75, 3.05) is 38.3 Å². The van der Waals surface area contributed by atoms with Crippen LogP contribution in [0.15, 0.2) is 18.2 Å². The quantitative estimate of drug-likeness (QED) is 0.633. The van der Waals surface area contributed by atoms with Crippen molar-refractivity contribution in [1.29, 1.82) is 0 Å². The van der Waals surface area contributed by atoms with Crippen molar-refractivity contribution in [3.8, 4) is 5.75 Å². The summed E-state index contributed by atoms with van der Waals surface area (Å²) in [5.74, 6) is 0.260. The first-order valence-electron chi connectivity index (χ1n) is 6.96. The van der Waals surface area contributed by atoms with Gasteiger partial charge in [-0.25, -0.2) is 0 Å². The van der Waals surface area contributed by atoms with Crippen molar-refractivity contribution >= 4 is 11.4 Å². The van der Waals surface area contributed by atoms with E-state index < -0.39 is 4.92 Å². The summed E-state index contributed by atoms with van der Waals surface area (Å²) in [7, 11) is 1.43. The number of anilines is 1. The molecule has 1 aromatic carbocycles. The van der Waals surface area contributed by atoms with E-state index in [1.807, 2.05) is 4.90 Å². The number of hydrogen-bond acceptors (Lipinski definition) is 6. The Bertz CT molecular complexity index is 494. The Hall–Kier alpha value is -1.86. The number of benzene rings is 1. The number of para-hydroxylation sites is 1. The lowest BCUT2D eigenvalue weighted by atomic mass is 10.1. The number of ether oxygens (including phenoxy) is 2. The van der Waals surface area contributed by atoms with Crippen molar-refractivity contribution in [3.63, 3.8) is 0 Å². The molecule has 1 aliphatic heterocycles. The second-order valence-corrected chi connectivity index (χ2v) is 4.89. The molecule has 1 heterocycles. The molecule has 0 aromatic heterocycles. The molecule has 0 bridgehead atoms. The van der Waals surface area contributed by atoms with Crippen LogP contribution in [0.25, 0.3) is 0 Å². The lowest BCUT2D eigenvalue weighted by Crippen LogP contribution is -2.40. The van der Waals surface area contributed by atoms with E-state index in [1.165, 1.54) is 7.11 Å². The molecule has 1 N–H and O–H groups in total. The van der Waals surface area contributed by atoms with E-state index in [0.717, 1.165) is 19.4 Å². The Morgan fingerprint density at radius 2 is 2.33 bits per heavy atom. The van der Waals surface area contributed by atoms with Gasteiger partial charge in [-0.05, 0) is 25.0 Å². The van der Waals surface area contributed by atoms with Gasteiger partial charge in [0.1, 0.15) is 5.69 Å². The lowest BCUT2D eigenvalue weighted by molar-refractivity contribution is -0.385. The minimum Gasteiger partial charge on any atom is -0.490 e. The third kappa shape index (κ3) is 3.62. The molecule has 0 spiro atoms. The highest BCUT2D eigenvalue weighted by Gasteiger charge is 2.28. The summed E-state index contributed by atoms with van der Waals surface area (Å²) < 4.78 is 10.6. The molecule has 0 unspecified atom stereocenters. The van der Waals surface area contributed by atoms with Crippen LogP contribution in [-0.2, 0) is 4.74 Å². The van der Waals surface area contributed by atoms with Crippen LogP contribution < -0.4 is 9.64 Å². The molecule has 7 heteroatoms. The summed E-state index contributed by atoms with van der Waals surface area (Å²) in [6, 6.07) is 5.07. The second-order valence-electron chi connectivity index (χ2n) is 4.89. The highest BCUT2D eigenvalue weighted by Crippen LogP contribution is 2.38. The molecule has 116 valence electrons. The Kier molecular flexibility index (Phi) is 5.35. The molecule has 1 aromatic rings. The van der Waals surface area contributed by atoms with E-state index in [-0.39, 0.29) is 24.1 Å². The first-order chi connectivity index (χ1) is 10.2. The number of aliphatic hydroxyl groups is 1. The number of nitro benzene ring substituents is 1. The molecular weight excluding hydrogens is 276 g/mol. The Morgan fingerprint density at radius 3 is 3.00 bits per heavy atom. The van der Waals surface area contributed by atoms with E-state index in [9.17, 15) is 10.1 Å². The van der Waals surface area contributed by atoms with Crippen LogP contribution in [0.1, 0.15) is 12.8 Å². The third-order valence-corrected chi connectivity index (χ3v) is 3.54. The van der Waals surface area contributed by atoms with Crippen LogP contribution in [0.2, 0.25) is 0 Å². The van der Waals surface area contributed by atoms with Gasteiger partial charge in [-0.1, -0.05) is 6.07 Å². The number of aliphatic hydroxyl groups excluding tert-OH is 1. The highest BCUT2D eigenvalue weighted by atomic mass is 16.6. The predicted octanol–water partition coefficient (Wildman–Crippen LogP) is 1.58. The number of methoxy groups -OCH3 is 1. The van der Waals surface area contributed by atoms with Gasteiger partial charge in [-0.15, -0.1) is 0 Å². The van der Waals surface area contributed by atoms with Crippen molar-refractivity contribution in [3.05, 3.63) is 28.3 Å². The fraction of sp³-hybridized carbons (Fsp3) is 0.571. The first kappa shape index (κ1) is 15.5. The van der Waals surface area contributed by atoms with Crippen molar-refractivity contribution in [1.82, 2.24) is 0 Å². The normalized spacial score (nSPS) is 18.6. The highest BCUT2D eigenvalue weighted by molar-refractivity contribution is 5.70. The molecule has 0 saturated carbocycles. The standard InChI is InChI=1S/C14H20N2O5/c1-20-13-6-2-5-12(14(13)16(18)19)15-7-3-4-11(10-15)21-9-8-17/h2,5-6,11,17H,3-4,7-10H2,1H3/t11-/m1/s1. The number of rotatable bonds is 6. The molecule has 1 saturated heterocycles. The van der Waals surface area contributed by atoms with Crippen LogP contribution in [0.4, 0.5) is 11.4 Å². The van der Waals surface area contributed by atoms with Crippen molar-refractivity contribution in [2.24, 2.45) is 0 Å². The summed E-state index contributed by atoms with van der Waals surface area (Å²) in [6.45, 7) is 1.59. The summed E-state index contributed by atoms with van der Waals surface area (Å²) in [6.07, 6.45) is 1.77. The molecule has 1 aliphatic rings. The van der Waals surface area contributed by atoms with Crippen LogP contribution in [0.3, 0.4) is 0 Å². The second kappa shape index (κ2) is 7.24. The monoisotopic (exact) mass is 296 g/mol. The number of nitro groups is 1. The van der Waals surface area contributed by atoms with Gasteiger partial charge < -0.3 is 19.5 Å². The van der Waals surface area contributed by atoms with Crippen LogP contribution in [0.5, 0.6) is 5.75 Å². The maximum Gasteiger partial charge on any atom is 0.333 e. The molecular formula is C14H20N2O5. The van der Waals surface area contributed by atoms with Gasteiger partial charge in [0.05, 0.1) is 31.4 Å². The average molecular weight is 296 g/mol. The van der Waals surface area contributed by atoms with E-state index in [0.29, 0.717) is 18.8 Å². The summed E-state index contributed by atoms with van der Waals surface area (Å²) >= 11 is 0. The minimum absolute atomic E-state index is 0.0113. The zero-order valence-electron chi connectivity index (χ0n) is 12.0. The molecule has 2 rings (SSSR count). The van der Waals surface area contributed by atoms with Gasteiger partial charge in [0.15, 0.2) is 5.75 Å². The van der Waals surface area contributed by atoms with E-state index >= 15 is 0 Å². The molecule has 0 amide bonds. The number of hydrogen-bond donors (Lipinski definition) is 1.